The maximum Gasteiger partial charge on any atom is 0.269 e. The number of primary amides is 1. The zero-order valence-electron chi connectivity index (χ0n) is 18.5. The van der Waals surface area contributed by atoms with Crippen molar-refractivity contribution < 1.29 is 4.79 Å². The summed E-state index contributed by atoms with van der Waals surface area (Å²) in [4.78, 5) is 30.2. The van der Waals surface area contributed by atoms with E-state index in [2.05, 4.69) is 30.5 Å². The van der Waals surface area contributed by atoms with Crippen LogP contribution in [0, 0.1) is 13.8 Å². The standard InChI is InChI=1S/C24H21N9O/c1-12-7-9-27-11-17(12)30-23-14(4-3-8-28-23)24-31-20(19(25)21(32-24)22(26)34)18-13(2)5-6-16-15(18)10-29-33-16/h3-11H,25H2,1-2H3,(H2,26,34)(H,28,30)(H,29,33). The van der Waals surface area contributed by atoms with E-state index in [4.69, 9.17) is 16.5 Å². The molecule has 4 aromatic heterocycles. The average Bonchev–Trinajstić information content (AvgIpc) is 3.30. The number of aromatic amines is 1. The molecule has 4 heterocycles. The molecule has 6 N–H and O–H groups in total. The smallest absolute Gasteiger partial charge is 0.269 e. The summed E-state index contributed by atoms with van der Waals surface area (Å²) in [5, 5.41) is 11.2. The van der Waals surface area contributed by atoms with Crippen LogP contribution in [0.5, 0.6) is 0 Å². The van der Waals surface area contributed by atoms with Gasteiger partial charge in [0.15, 0.2) is 11.5 Å². The number of amides is 1. The third kappa shape index (κ3) is 3.56. The van der Waals surface area contributed by atoms with Gasteiger partial charge >= 0.3 is 0 Å². The molecule has 34 heavy (non-hydrogen) atoms. The summed E-state index contributed by atoms with van der Waals surface area (Å²) in [6.07, 6.45) is 6.78. The number of hydrogen-bond donors (Lipinski definition) is 4. The van der Waals surface area contributed by atoms with Crippen molar-refractivity contribution in [2.75, 3.05) is 11.1 Å². The van der Waals surface area contributed by atoms with Crippen LogP contribution >= 0.6 is 0 Å². The van der Waals surface area contributed by atoms with Crippen molar-refractivity contribution in [3.8, 4) is 22.6 Å². The first-order chi connectivity index (χ1) is 16.4. The van der Waals surface area contributed by atoms with E-state index in [-0.39, 0.29) is 17.2 Å². The highest BCUT2D eigenvalue weighted by molar-refractivity contribution is 6.04. The van der Waals surface area contributed by atoms with Crippen LogP contribution in [0.4, 0.5) is 17.2 Å². The summed E-state index contributed by atoms with van der Waals surface area (Å²) >= 11 is 0. The molecule has 0 atom stereocenters. The van der Waals surface area contributed by atoms with E-state index in [1.165, 1.54) is 0 Å². The Morgan fingerprint density at radius 2 is 1.88 bits per heavy atom. The largest absolute Gasteiger partial charge is 0.395 e. The number of nitrogens with one attached hydrogen (secondary N) is 2. The SMILES string of the molecule is Cc1ccncc1Nc1ncccc1-c1nc(C(N)=O)c(N)c(-c2c(C)ccc3[nH]ncc23)n1. The number of fused-ring (bicyclic) bond motifs is 1. The van der Waals surface area contributed by atoms with E-state index in [1.807, 2.05) is 38.1 Å². The van der Waals surface area contributed by atoms with Crippen LogP contribution in [0.25, 0.3) is 33.5 Å². The average molecular weight is 451 g/mol. The summed E-state index contributed by atoms with van der Waals surface area (Å²) in [7, 11) is 0. The van der Waals surface area contributed by atoms with Gasteiger partial charge in [-0.3, -0.25) is 14.9 Å². The molecule has 1 amide bonds. The monoisotopic (exact) mass is 451 g/mol. The second-order valence-corrected chi connectivity index (χ2v) is 7.83. The quantitative estimate of drug-likeness (QED) is 0.315. The Kier molecular flexibility index (Phi) is 5.09. The van der Waals surface area contributed by atoms with E-state index in [0.717, 1.165) is 33.3 Å². The molecule has 0 radical (unpaired) electrons. The van der Waals surface area contributed by atoms with Gasteiger partial charge in [-0.2, -0.15) is 5.10 Å². The second-order valence-electron chi connectivity index (χ2n) is 7.83. The molecule has 0 saturated carbocycles. The number of carbonyl (C=O) groups is 1. The Hall–Kier alpha value is -4.86. The molecule has 0 aliphatic heterocycles. The Bertz CT molecular complexity index is 1560. The van der Waals surface area contributed by atoms with Crippen LogP contribution in [-0.2, 0) is 0 Å². The van der Waals surface area contributed by atoms with Gasteiger partial charge in [0, 0.05) is 23.3 Å². The van der Waals surface area contributed by atoms with Crippen LogP contribution in [0.15, 0.2) is 55.1 Å². The van der Waals surface area contributed by atoms with Gasteiger partial charge in [0.25, 0.3) is 5.91 Å². The third-order valence-electron chi connectivity index (χ3n) is 5.59. The minimum atomic E-state index is -0.749. The lowest BCUT2D eigenvalue weighted by Crippen LogP contribution is -2.18. The third-order valence-corrected chi connectivity index (χ3v) is 5.59. The minimum absolute atomic E-state index is 0.0627. The van der Waals surface area contributed by atoms with Crippen molar-refractivity contribution in [1.82, 2.24) is 30.1 Å². The summed E-state index contributed by atoms with van der Waals surface area (Å²) < 4.78 is 0. The number of benzene rings is 1. The Morgan fingerprint density at radius 3 is 2.68 bits per heavy atom. The van der Waals surface area contributed by atoms with Gasteiger partial charge < -0.3 is 16.8 Å². The highest BCUT2D eigenvalue weighted by Crippen LogP contribution is 2.37. The van der Waals surface area contributed by atoms with Crippen molar-refractivity contribution in [3.63, 3.8) is 0 Å². The number of rotatable bonds is 5. The maximum absolute atomic E-state index is 12.3. The second kappa shape index (κ2) is 8.24. The maximum atomic E-state index is 12.3. The fourth-order valence-electron chi connectivity index (χ4n) is 3.82. The molecule has 5 rings (SSSR count). The Balaban J connectivity index is 1.74. The molecule has 5 aromatic rings. The molecular weight excluding hydrogens is 430 g/mol. The number of nitrogens with two attached hydrogens (primary N) is 2. The number of H-pyrrole nitrogens is 1. The summed E-state index contributed by atoms with van der Waals surface area (Å²) in [5.41, 5.74) is 17.3. The topological polar surface area (TPSA) is 161 Å². The lowest BCUT2D eigenvalue weighted by molar-refractivity contribution is 0.0996. The van der Waals surface area contributed by atoms with E-state index in [1.54, 1.807) is 30.9 Å². The number of carbonyl (C=O) groups excluding carboxylic acids is 1. The van der Waals surface area contributed by atoms with Gasteiger partial charge in [-0.1, -0.05) is 6.07 Å². The highest BCUT2D eigenvalue weighted by Gasteiger charge is 2.22. The predicted molar refractivity (Wildman–Crippen MR) is 130 cm³/mol. The van der Waals surface area contributed by atoms with Gasteiger partial charge in [-0.15, -0.1) is 0 Å². The van der Waals surface area contributed by atoms with E-state index >= 15 is 0 Å². The molecule has 0 saturated heterocycles. The fraction of sp³-hybridized carbons (Fsp3) is 0.0833. The van der Waals surface area contributed by atoms with Gasteiger partial charge in [0.05, 0.1) is 40.5 Å². The van der Waals surface area contributed by atoms with Crippen molar-refractivity contribution in [2.24, 2.45) is 5.73 Å². The molecule has 10 heteroatoms. The number of hydrogen-bond acceptors (Lipinski definition) is 8. The molecule has 0 spiro atoms. The van der Waals surface area contributed by atoms with Crippen molar-refractivity contribution in [3.05, 3.63) is 71.9 Å². The van der Waals surface area contributed by atoms with Crippen LogP contribution in [0.1, 0.15) is 21.6 Å². The number of anilines is 3. The molecule has 0 aliphatic carbocycles. The first-order valence-corrected chi connectivity index (χ1v) is 10.5. The Labute approximate surface area is 194 Å². The molecule has 0 fully saturated rings. The minimum Gasteiger partial charge on any atom is -0.395 e. The van der Waals surface area contributed by atoms with Gasteiger partial charge in [0.2, 0.25) is 0 Å². The van der Waals surface area contributed by atoms with Crippen LogP contribution in [0.2, 0.25) is 0 Å². The molecule has 10 nitrogen and oxygen atoms in total. The highest BCUT2D eigenvalue weighted by atomic mass is 16.1. The number of nitrogens with zero attached hydrogens (tertiary/aromatic N) is 5. The molecule has 1 aromatic carbocycles. The van der Waals surface area contributed by atoms with Crippen LogP contribution in [-0.4, -0.2) is 36.0 Å². The normalized spacial score (nSPS) is 11.0. The van der Waals surface area contributed by atoms with Crippen LogP contribution in [0.3, 0.4) is 0 Å². The van der Waals surface area contributed by atoms with E-state index in [0.29, 0.717) is 17.1 Å². The summed E-state index contributed by atoms with van der Waals surface area (Å²) in [6.45, 7) is 3.90. The van der Waals surface area contributed by atoms with Crippen molar-refractivity contribution in [2.45, 2.75) is 13.8 Å². The van der Waals surface area contributed by atoms with Crippen LogP contribution < -0.4 is 16.8 Å². The zero-order valence-corrected chi connectivity index (χ0v) is 18.5. The predicted octanol–water partition coefficient (Wildman–Crippen LogP) is 3.52. The first kappa shape index (κ1) is 21.0. The molecule has 0 bridgehead atoms. The molecule has 0 aliphatic rings. The summed E-state index contributed by atoms with van der Waals surface area (Å²) in [5.74, 6) is 0.0129. The fourth-order valence-corrected chi connectivity index (χ4v) is 3.82. The molecule has 168 valence electrons. The number of nitrogen functional groups attached to an aromatic ring is 1. The number of pyridine rings is 2. The lowest BCUT2D eigenvalue weighted by Gasteiger charge is -2.15. The van der Waals surface area contributed by atoms with E-state index in [9.17, 15) is 4.79 Å². The number of aryl methyl sites for hydroxylation is 2. The zero-order chi connectivity index (χ0) is 23.8. The Morgan fingerprint density at radius 1 is 1.03 bits per heavy atom. The van der Waals surface area contributed by atoms with Crippen molar-refractivity contribution >= 4 is 34.0 Å². The molecule has 0 unspecified atom stereocenters. The molecular formula is C24H21N9O. The van der Waals surface area contributed by atoms with Gasteiger partial charge in [-0.25, -0.2) is 15.0 Å². The van der Waals surface area contributed by atoms with Crippen molar-refractivity contribution in [1.29, 1.82) is 0 Å². The first-order valence-electron chi connectivity index (χ1n) is 10.5. The van der Waals surface area contributed by atoms with Gasteiger partial charge in [0.1, 0.15) is 5.82 Å². The number of aromatic nitrogens is 6. The summed E-state index contributed by atoms with van der Waals surface area (Å²) in [6, 6.07) is 9.33. The van der Waals surface area contributed by atoms with Gasteiger partial charge in [-0.05, 0) is 49.2 Å². The lowest BCUT2D eigenvalue weighted by atomic mass is 9.99. The van der Waals surface area contributed by atoms with E-state index < -0.39 is 5.91 Å².